The van der Waals surface area contributed by atoms with Gasteiger partial charge in [-0.2, -0.15) is 0 Å². The Bertz CT molecular complexity index is 1100. The Morgan fingerprint density at radius 1 is 0.900 bits per heavy atom. The summed E-state index contributed by atoms with van der Waals surface area (Å²) in [4.78, 5) is 27.2. The summed E-state index contributed by atoms with van der Waals surface area (Å²) in [7, 11) is 0. The Balaban J connectivity index is 1.83. The van der Waals surface area contributed by atoms with Gasteiger partial charge in [-0.05, 0) is 47.7 Å². The van der Waals surface area contributed by atoms with E-state index < -0.39 is 18.1 Å². The van der Waals surface area contributed by atoms with Gasteiger partial charge in [-0.15, -0.1) is 0 Å². The Morgan fingerprint density at radius 2 is 1.60 bits per heavy atom. The van der Waals surface area contributed by atoms with Crippen molar-refractivity contribution >= 4 is 35.1 Å². The van der Waals surface area contributed by atoms with Crippen LogP contribution in [0.2, 0.25) is 10.0 Å². The molecule has 152 valence electrons. The van der Waals surface area contributed by atoms with Crippen molar-refractivity contribution in [3.05, 3.63) is 94.0 Å². The van der Waals surface area contributed by atoms with Crippen molar-refractivity contribution in [1.82, 2.24) is 4.90 Å². The van der Waals surface area contributed by atoms with Crippen LogP contribution in [0.5, 0.6) is 0 Å². The van der Waals surface area contributed by atoms with E-state index in [0.717, 1.165) is 11.1 Å². The molecule has 0 bridgehead atoms. The van der Waals surface area contributed by atoms with Gasteiger partial charge >= 0.3 is 5.97 Å². The highest BCUT2D eigenvalue weighted by Crippen LogP contribution is 2.41. The molecule has 0 spiro atoms. The van der Waals surface area contributed by atoms with Crippen molar-refractivity contribution in [2.75, 3.05) is 0 Å². The minimum absolute atomic E-state index is 0.359. The molecule has 2 atom stereocenters. The van der Waals surface area contributed by atoms with E-state index in [9.17, 15) is 14.7 Å². The smallest absolute Gasteiger partial charge is 0.326 e. The fourth-order valence-corrected chi connectivity index (χ4v) is 4.52. The average Bonchev–Trinajstić information content (AvgIpc) is 3.19. The summed E-state index contributed by atoms with van der Waals surface area (Å²) in [6.45, 7) is 0. The fraction of sp³-hybridized carbons (Fsp3) is 0.167. The molecule has 6 heteroatoms. The van der Waals surface area contributed by atoms with E-state index in [2.05, 4.69) is 0 Å². The van der Waals surface area contributed by atoms with Crippen LogP contribution in [-0.2, 0) is 4.79 Å². The van der Waals surface area contributed by atoms with Gasteiger partial charge in [0.2, 0.25) is 0 Å². The summed E-state index contributed by atoms with van der Waals surface area (Å²) in [5, 5.41) is 10.7. The monoisotopic (exact) mass is 439 g/mol. The summed E-state index contributed by atoms with van der Waals surface area (Å²) in [5.74, 6) is -1.40. The first kappa shape index (κ1) is 20.5. The maximum absolute atomic E-state index is 13.8. The molecule has 2 unspecified atom stereocenters. The topological polar surface area (TPSA) is 57.6 Å². The van der Waals surface area contributed by atoms with Crippen LogP contribution in [0, 0.1) is 0 Å². The molecule has 3 aromatic rings. The number of hydrogen-bond acceptors (Lipinski definition) is 2. The van der Waals surface area contributed by atoms with Gasteiger partial charge in [-0.1, -0.05) is 77.8 Å². The van der Waals surface area contributed by atoms with E-state index in [1.807, 2.05) is 48.5 Å². The molecule has 0 aromatic heterocycles. The van der Waals surface area contributed by atoms with E-state index in [0.29, 0.717) is 34.0 Å². The maximum Gasteiger partial charge on any atom is 0.326 e. The van der Waals surface area contributed by atoms with Gasteiger partial charge in [0.15, 0.2) is 0 Å². The molecular weight excluding hydrogens is 421 g/mol. The van der Waals surface area contributed by atoms with Crippen molar-refractivity contribution in [3.63, 3.8) is 0 Å². The van der Waals surface area contributed by atoms with E-state index in [1.165, 1.54) is 4.90 Å². The van der Waals surface area contributed by atoms with Gasteiger partial charge in [-0.25, -0.2) is 4.79 Å². The number of hydrogen-bond donors (Lipinski definition) is 1. The van der Waals surface area contributed by atoms with Crippen LogP contribution in [0.15, 0.2) is 72.8 Å². The molecule has 1 saturated heterocycles. The number of nitrogens with zero attached hydrogens (tertiary/aromatic N) is 1. The van der Waals surface area contributed by atoms with E-state index in [-0.39, 0.29) is 5.91 Å². The van der Waals surface area contributed by atoms with Gasteiger partial charge in [-0.3, -0.25) is 4.79 Å². The van der Waals surface area contributed by atoms with Gasteiger partial charge in [0.05, 0.1) is 6.04 Å². The lowest BCUT2D eigenvalue weighted by Crippen LogP contribution is -2.42. The second-order valence-electron chi connectivity index (χ2n) is 7.24. The highest BCUT2D eigenvalue weighted by Gasteiger charge is 2.43. The predicted molar refractivity (Wildman–Crippen MR) is 118 cm³/mol. The van der Waals surface area contributed by atoms with Crippen LogP contribution in [0.1, 0.15) is 34.8 Å². The molecule has 4 rings (SSSR count). The van der Waals surface area contributed by atoms with Gasteiger partial charge in [0.25, 0.3) is 5.91 Å². The predicted octanol–water partition coefficient (Wildman–Crippen LogP) is 6.09. The molecule has 0 saturated carbocycles. The molecule has 1 heterocycles. The van der Waals surface area contributed by atoms with Gasteiger partial charge in [0.1, 0.15) is 6.04 Å². The highest BCUT2D eigenvalue weighted by atomic mass is 35.5. The van der Waals surface area contributed by atoms with Crippen LogP contribution in [-0.4, -0.2) is 27.9 Å². The number of carbonyl (C=O) groups is 2. The number of carbonyl (C=O) groups excluding carboxylic acids is 1. The van der Waals surface area contributed by atoms with Crippen molar-refractivity contribution < 1.29 is 14.7 Å². The zero-order chi connectivity index (χ0) is 21.3. The Kier molecular flexibility index (Phi) is 5.80. The maximum atomic E-state index is 13.8. The zero-order valence-corrected chi connectivity index (χ0v) is 17.5. The summed E-state index contributed by atoms with van der Waals surface area (Å²) < 4.78 is 0. The molecule has 4 nitrogen and oxygen atoms in total. The third kappa shape index (κ3) is 3.81. The Morgan fingerprint density at radius 3 is 2.30 bits per heavy atom. The Labute approximate surface area is 184 Å². The number of carboxylic acids is 1. The van der Waals surface area contributed by atoms with Crippen LogP contribution in [0.4, 0.5) is 0 Å². The number of likely N-dealkylation sites (tertiary alicyclic amines) is 1. The van der Waals surface area contributed by atoms with Crippen molar-refractivity contribution in [3.8, 4) is 11.1 Å². The van der Waals surface area contributed by atoms with E-state index in [1.54, 1.807) is 24.3 Å². The molecule has 0 aliphatic carbocycles. The second kappa shape index (κ2) is 8.50. The molecule has 3 aromatic carbocycles. The summed E-state index contributed by atoms with van der Waals surface area (Å²) >= 11 is 12.6. The standard InChI is InChI=1S/C24H19Cl2NO3/c25-16-10-11-17(15-6-2-1-3-7-15)19(14-16)23(28)27-21(12-13-22(27)24(29)30)18-8-4-5-9-20(18)26/h1-11,14,21-22H,12-13H2,(H,29,30). The van der Waals surface area contributed by atoms with E-state index >= 15 is 0 Å². The summed E-state index contributed by atoms with van der Waals surface area (Å²) in [6, 6.07) is 20.5. The largest absolute Gasteiger partial charge is 0.480 e. The van der Waals surface area contributed by atoms with Gasteiger partial charge < -0.3 is 10.0 Å². The lowest BCUT2D eigenvalue weighted by atomic mass is 9.97. The number of carboxylic acid groups (broad SMARTS) is 1. The third-order valence-corrected chi connectivity index (χ3v) is 6.05. The molecule has 1 N–H and O–H groups in total. The van der Waals surface area contributed by atoms with Crippen molar-refractivity contribution in [1.29, 1.82) is 0 Å². The highest BCUT2D eigenvalue weighted by molar-refractivity contribution is 6.31. The number of aliphatic carboxylic acids is 1. The zero-order valence-electron chi connectivity index (χ0n) is 16.0. The SMILES string of the molecule is O=C(O)C1CCC(c2ccccc2Cl)N1C(=O)c1cc(Cl)ccc1-c1ccccc1. The average molecular weight is 440 g/mol. The first-order valence-electron chi connectivity index (χ1n) is 9.62. The molecular formula is C24H19Cl2NO3. The van der Waals surface area contributed by atoms with Gasteiger partial charge in [0, 0.05) is 15.6 Å². The van der Waals surface area contributed by atoms with Crippen LogP contribution < -0.4 is 0 Å². The van der Waals surface area contributed by atoms with Crippen molar-refractivity contribution in [2.24, 2.45) is 0 Å². The molecule has 1 fully saturated rings. The molecule has 1 aliphatic rings. The summed E-state index contributed by atoms with van der Waals surface area (Å²) in [5.41, 5.74) is 2.69. The lowest BCUT2D eigenvalue weighted by molar-refractivity contribution is -0.141. The molecule has 1 amide bonds. The number of benzene rings is 3. The van der Waals surface area contributed by atoms with Crippen molar-refractivity contribution in [2.45, 2.75) is 24.9 Å². The molecule has 30 heavy (non-hydrogen) atoms. The molecule has 0 radical (unpaired) electrons. The minimum atomic E-state index is -1.03. The Hall–Kier alpha value is -2.82. The molecule has 1 aliphatic heterocycles. The van der Waals surface area contributed by atoms with Crippen LogP contribution in [0.3, 0.4) is 0 Å². The minimum Gasteiger partial charge on any atom is -0.480 e. The first-order chi connectivity index (χ1) is 14.5. The fourth-order valence-electron chi connectivity index (χ4n) is 4.09. The first-order valence-corrected chi connectivity index (χ1v) is 10.4. The quantitative estimate of drug-likeness (QED) is 0.534. The number of halogens is 2. The lowest BCUT2D eigenvalue weighted by Gasteiger charge is -2.30. The van der Waals surface area contributed by atoms with E-state index in [4.69, 9.17) is 23.2 Å². The summed E-state index contributed by atoms with van der Waals surface area (Å²) in [6.07, 6.45) is 0.881. The number of amides is 1. The van der Waals surface area contributed by atoms with Crippen LogP contribution >= 0.6 is 23.2 Å². The normalized spacial score (nSPS) is 18.4. The third-order valence-electron chi connectivity index (χ3n) is 5.47. The second-order valence-corrected chi connectivity index (χ2v) is 8.08. The van der Waals surface area contributed by atoms with Crippen LogP contribution in [0.25, 0.3) is 11.1 Å². The number of rotatable bonds is 4.